The predicted octanol–water partition coefficient (Wildman–Crippen LogP) is 2.35. The maximum atomic E-state index is 10.9. The smallest absolute Gasteiger partial charge is 0.354 e. The van der Waals surface area contributed by atoms with Gasteiger partial charge in [-0.05, 0) is 24.3 Å². The molecule has 0 saturated carbocycles. The van der Waals surface area contributed by atoms with E-state index in [0.29, 0.717) is 0 Å². The van der Waals surface area contributed by atoms with Crippen LogP contribution in [0.1, 0.15) is 16.1 Å². The van der Waals surface area contributed by atoms with E-state index >= 15 is 0 Å². The number of ether oxygens (including phenoxy) is 1. The lowest BCUT2D eigenvalue weighted by Gasteiger charge is -2.06. The van der Waals surface area contributed by atoms with Crippen molar-refractivity contribution in [3.8, 4) is 17.6 Å². The van der Waals surface area contributed by atoms with E-state index in [1.54, 1.807) is 6.07 Å². The molecule has 1 aromatic carbocycles. The highest BCUT2D eigenvalue weighted by Gasteiger charge is 2.17. The number of nitro groups is 1. The Morgan fingerprint density at radius 3 is 2.67 bits per heavy atom. The van der Waals surface area contributed by atoms with E-state index in [1.165, 1.54) is 24.3 Å². The fourth-order valence-corrected chi connectivity index (χ4v) is 1.51. The zero-order chi connectivity index (χ0) is 15.4. The number of nitriles is 1. The second-order valence-corrected chi connectivity index (χ2v) is 3.84. The van der Waals surface area contributed by atoms with Crippen molar-refractivity contribution in [3.05, 3.63) is 57.9 Å². The Kier molecular flexibility index (Phi) is 3.76. The van der Waals surface area contributed by atoms with Gasteiger partial charge in [0.2, 0.25) is 5.75 Å². The van der Waals surface area contributed by atoms with Crippen molar-refractivity contribution in [2.45, 2.75) is 0 Å². The molecular formula is C13H7N3O5. The summed E-state index contributed by atoms with van der Waals surface area (Å²) < 4.78 is 5.30. The first kappa shape index (κ1) is 14.0. The van der Waals surface area contributed by atoms with E-state index in [-0.39, 0.29) is 28.4 Å². The van der Waals surface area contributed by atoms with Crippen molar-refractivity contribution < 1.29 is 19.6 Å². The molecule has 0 radical (unpaired) electrons. The summed E-state index contributed by atoms with van der Waals surface area (Å²) in [5.74, 6) is -1.11. The molecule has 0 aliphatic heterocycles. The molecule has 0 spiro atoms. The Hall–Kier alpha value is -3.47. The number of nitrogens with zero attached hydrogens (tertiary/aromatic N) is 3. The molecule has 0 bridgehead atoms. The molecule has 1 heterocycles. The van der Waals surface area contributed by atoms with Crippen LogP contribution in [0.3, 0.4) is 0 Å². The maximum absolute atomic E-state index is 10.9. The molecule has 0 aliphatic carbocycles. The number of hydrogen-bond acceptors (Lipinski definition) is 6. The highest BCUT2D eigenvalue weighted by Crippen LogP contribution is 2.31. The summed E-state index contributed by atoms with van der Waals surface area (Å²) in [6.07, 6.45) is 1.14. The molecule has 2 aromatic rings. The average molecular weight is 285 g/mol. The van der Waals surface area contributed by atoms with Crippen LogP contribution in [0, 0.1) is 21.4 Å². The minimum atomic E-state index is -1.19. The first-order valence-corrected chi connectivity index (χ1v) is 5.57. The van der Waals surface area contributed by atoms with Gasteiger partial charge in [0.15, 0.2) is 0 Å². The van der Waals surface area contributed by atoms with Gasteiger partial charge >= 0.3 is 11.7 Å². The highest BCUT2D eigenvalue weighted by atomic mass is 16.6. The summed E-state index contributed by atoms with van der Waals surface area (Å²) in [6, 6.07) is 8.10. The number of aromatic nitrogens is 1. The van der Waals surface area contributed by atoms with Gasteiger partial charge in [0.25, 0.3) is 0 Å². The third kappa shape index (κ3) is 3.10. The molecule has 0 unspecified atom stereocenters. The number of carboxylic acids is 1. The zero-order valence-electron chi connectivity index (χ0n) is 10.4. The minimum absolute atomic E-state index is 0.0659. The molecular weight excluding hydrogens is 278 g/mol. The van der Waals surface area contributed by atoms with Crippen LogP contribution < -0.4 is 4.74 Å². The first-order chi connectivity index (χ1) is 10.0. The molecule has 104 valence electrons. The Balaban J connectivity index is 2.33. The quantitative estimate of drug-likeness (QED) is 0.674. The largest absolute Gasteiger partial charge is 0.477 e. The third-order valence-electron chi connectivity index (χ3n) is 2.47. The number of carboxylic acid groups (broad SMARTS) is 1. The minimum Gasteiger partial charge on any atom is -0.477 e. The number of nitro benzene ring substituents is 1. The molecule has 1 aromatic heterocycles. The van der Waals surface area contributed by atoms with Crippen LogP contribution in [0.5, 0.6) is 11.5 Å². The molecule has 1 N–H and O–H groups in total. The molecule has 8 nitrogen and oxygen atoms in total. The molecule has 2 rings (SSSR count). The fourth-order valence-electron chi connectivity index (χ4n) is 1.51. The van der Waals surface area contributed by atoms with E-state index in [0.717, 1.165) is 12.3 Å². The van der Waals surface area contributed by atoms with Gasteiger partial charge in [0.05, 0.1) is 22.8 Å². The van der Waals surface area contributed by atoms with Crippen molar-refractivity contribution in [1.29, 1.82) is 5.26 Å². The van der Waals surface area contributed by atoms with Crippen LogP contribution in [0.15, 0.2) is 36.5 Å². The van der Waals surface area contributed by atoms with Crippen LogP contribution in [0.2, 0.25) is 0 Å². The lowest BCUT2D eigenvalue weighted by Crippen LogP contribution is -2.00. The van der Waals surface area contributed by atoms with Gasteiger partial charge in [-0.1, -0.05) is 0 Å². The normalized spacial score (nSPS) is 9.67. The summed E-state index contributed by atoms with van der Waals surface area (Å²) in [7, 11) is 0. The average Bonchev–Trinajstić information content (AvgIpc) is 2.48. The van der Waals surface area contributed by atoms with Gasteiger partial charge in [0, 0.05) is 6.07 Å². The number of hydrogen-bond donors (Lipinski definition) is 1. The first-order valence-electron chi connectivity index (χ1n) is 5.57. The second kappa shape index (κ2) is 5.66. The fraction of sp³-hybridized carbons (Fsp3) is 0. The van der Waals surface area contributed by atoms with Crippen LogP contribution in [0.4, 0.5) is 5.69 Å². The van der Waals surface area contributed by atoms with Crippen LogP contribution in [-0.2, 0) is 0 Å². The number of carbonyl (C=O) groups is 1. The summed E-state index contributed by atoms with van der Waals surface area (Å²) in [5, 5.41) is 28.4. The van der Waals surface area contributed by atoms with Crippen molar-refractivity contribution in [2.75, 3.05) is 0 Å². The van der Waals surface area contributed by atoms with Crippen molar-refractivity contribution in [3.63, 3.8) is 0 Å². The van der Waals surface area contributed by atoms with E-state index in [4.69, 9.17) is 15.1 Å². The maximum Gasteiger partial charge on any atom is 0.354 e. The van der Waals surface area contributed by atoms with Gasteiger partial charge < -0.3 is 9.84 Å². The molecule has 0 atom stereocenters. The molecule has 0 aliphatic rings. The lowest BCUT2D eigenvalue weighted by molar-refractivity contribution is -0.385. The van der Waals surface area contributed by atoms with Crippen LogP contribution >= 0.6 is 0 Å². The summed E-state index contributed by atoms with van der Waals surface area (Å²) in [4.78, 5) is 24.6. The van der Waals surface area contributed by atoms with E-state index in [1.807, 2.05) is 0 Å². The van der Waals surface area contributed by atoms with Gasteiger partial charge in [0.1, 0.15) is 11.4 Å². The number of benzene rings is 1. The second-order valence-electron chi connectivity index (χ2n) is 3.84. The number of pyridine rings is 1. The van der Waals surface area contributed by atoms with E-state index < -0.39 is 10.9 Å². The number of aromatic carboxylic acids is 1. The third-order valence-corrected chi connectivity index (χ3v) is 2.47. The monoisotopic (exact) mass is 285 g/mol. The number of rotatable bonds is 4. The van der Waals surface area contributed by atoms with Gasteiger partial charge in [-0.15, -0.1) is 0 Å². The molecule has 0 fully saturated rings. The summed E-state index contributed by atoms with van der Waals surface area (Å²) in [6.45, 7) is 0. The summed E-state index contributed by atoms with van der Waals surface area (Å²) >= 11 is 0. The lowest BCUT2D eigenvalue weighted by atomic mass is 10.2. The Morgan fingerprint density at radius 1 is 1.38 bits per heavy atom. The molecule has 0 saturated heterocycles. The van der Waals surface area contributed by atoms with Gasteiger partial charge in [-0.2, -0.15) is 5.26 Å². The van der Waals surface area contributed by atoms with Crippen molar-refractivity contribution >= 4 is 11.7 Å². The molecule has 21 heavy (non-hydrogen) atoms. The standard InChI is InChI=1S/C13H7N3O5/c14-6-8-1-4-12(11(5-8)16(19)20)21-9-2-3-10(13(17)18)15-7-9/h1-5,7H,(H,17,18). The van der Waals surface area contributed by atoms with Gasteiger partial charge in [-0.25, -0.2) is 9.78 Å². The van der Waals surface area contributed by atoms with Crippen LogP contribution in [-0.4, -0.2) is 21.0 Å². The Bertz CT molecular complexity index is 749. The predicted molar refractivity (Wildman–Crippen MR) is 69.1 cm³/mol. The van der Waals surface area contributed by atoms with Crippen molar-refractivity contribution in [2.24, 2.45) is 0 Å². The SMILES string of the molecule is N#Cc1ccc(Oc2ccc(C(=O)O)nc2)c([N+](=O)[O-])c1. The summed E-state index contributed by atoms with van der Waals surface area (Å²) in [5.41, 5.74) is -0.401. The highest BCUT2D eigenvalue weighted by molar-refractivity contribution is 5.85. The molecule has 0 amide bonds. The van der Waals surface area contributed by atoms with Crippen LogP contribution in [0.25, 0.3) is 0 Å². The zero-order valence-corrected chi connectivity index (χ0v) is 10.4. The Morgan fingerprint density at radius 2 is 2.14 bits per heavy atom. The van der Waals surface area contributed by atoms with E-state index in [9.17, 15) is 14.9 Å². The van der Waals surface area contributed by atoms with Crippen molar-refractivity contribution in [1.82, 2.24) is 4.98 Å². The Labute approximate surface area is 118 Å². The van der Waals surface area contributed by atoms with E-state index in [2.05, 4.69) is 4.98 Å². The molecule has 8 heteroatoms. The van der Waals surface area contributed by atoms with Gasteiger partial charge in [-0.3, -0.25) is 10.1 Å². The topological polar surface area (TPSA) is 126 Å².